The molecule has 2 aromatic rings. The Labute approximate surface area is 143 Å². The Balaban J connectivity index is 2.07. The maximum Gasteiger partial charge on any atom is 0.314 e. The van der Waals surface area contributed by atoms with Gasteiger partial charge in [-0.1, -0.05) is 17.7 Å². The lowest BCUT2D eigenvalue weighted by Crippen LogP contribution is -2.29. The highest BCUT2D eigenvalue weighted by Crippen LogP contribution is 2.18. The molecule has 0 saturated heterocycles. The summed E-state index contributed by atoms with van der Waals surface area (Å²) in [5.41, 5.74) is 4.23. The number of hydrogen-bond donors (Lipinski definition) is 2. The number of anilines is 2. The van der Waals surface area contributed by atoms with Crippen LogP contribution in [0.25, 0.3) is 0 Å². The molecule has 2 rings (SSSR count). The number of benzene rings is 2. The maximum atomic E-state index is 12.0. The molecule has 4 nitrogen and oxygen atoms in total. The van der Waals surface area contributed by atoms with Crippen molar-refractivity contribution in [2.45, 2.75) is 20.8 Å². The monoisotopic (exact) mass is 408 g/mol. The zero-order valence-electron chi connectivity index (χ0n) is 12.7. The van der Waals surface area contributed by atoms with Gasteiger partial charge < -0.3 is 10.6 Å². The van der Waals surface area contributed by atoms with E-state index in [1.807, 2.05) is 45.0 Å². The summed E-state index contributed by atoms with van der Waals surface area (Å²) in [6, 6.07) is 11.3. The Bertz CT molecular complexity index is 678. The highest BCUT2D eigenvalue weighted by molar-refractivity contribution is 14.1. The second-order valence-corrected chi connectivity index (χ2v) is 6.43. The number of amides is 2. The lowest BCUT2D eigenvalue weighted by molar-refractivity contribution is -0.133. The van der Waals surface area contributed by atoms with Crippen molar-refractivity contribution in [3.63, 3.8) is 0 Å². The number of hydrogen-bond acceptors (Lipinski definition) is 2. The van der Waals surface area contributed by atoms with Gasteiger partial charge >= 0.3 is 11.8 Å². The van der Waals surface area contributed by atoms with Crippen LogP contribution in [-0.2, 0) is 9.59 Å². The molecule has 2 amide bonds. The highest BCUT2D eigenvalue weighted by atomic mass is 127. The van der Waals surface area contributed by atoms with Crippen molar-refractivity contribution >= 4 is 45.8 Å². The summed E-state index contributed by atoms with van der Waals surface area (Å²) >= 11 is 2.20. The van der Waals surface area contributed by atoms with E-state index < -0.39 is 11.8 Å². The van der Waals surface area contributed by atoms with Gasteiger partial charge in [0.2, 0.25) is 0 Å². The molecule has 0 heterocycles. The van der Waals surface area contributed by atoms with E-state index in [0.717, 1.165) is 20.3 Å². The van der Waals surface area contributed by atoms with E-state index in [4.69, 9.17) is 0 Å². The number of aryl methyl sites for hydroxylation is 3. The maximum absolute atomic E-state index is 12.0. The quantitative estimate of drug-likeness (QED) is 0.587. The normalized spacial score (nSPS) is 10.2. The molecule has 0 aliphatic rings. The van der Waals surface area contributed by atoms with Gasteiger partial charge in [0, 0.05) is 14.9 Å². The Morgan fingerprint density at radius 2 is 1.32 bits per heavy atom. The van der Waals surface area contributed by atoms with E-state index in [1.165, 1.54) is 0 Å². The average Bonchev–Trinajstić information content (AvgIpc) is 2.44. The first-order valence-electron chi connectivity index (χ1n) is 6.82. The van der Waals surface area contributed by atoms with Crippen LogP contribution in [0.15, 0.2) is 36.4 Å². The summed E-state index contributed by atoms with van der Waals surface area (Å²) in [5.74, 6) is -1.35. The number of carbonyl (C=O) groups is 2. The van der Waals surface area contributed by atoms with Gasteiger partial charge in [0.15, 0.2) is 0 Å². The summed E-state index contributed by atoms with van der Waals surface area (Å²) in [6.07, 6.45) is 0. The summed E-state index contributed by atoms with van der Waals surface area (Å²) in [5, 5.41) is 5.27. The first-order valence-corrected chi connectivity index (χ1v) is 7.90. The molecule has 0 radical (unpaired) electrons. The first kappa shape index (κ1) is 16.5. The van der Waals surface area contributed by atoms with Crippen molar-refractivity contribution in [2.24, 2.45) is 0 Å². The highest BCUT2D eigenvalue weighted by Gasteiger charge is 2.15. The molecule has 0 aromatic heterocycles. The smallest absolute Gasteiger partial charge is 0.314 e. The molecular weight excluding hydrogens is 391 g/mol. The van der Waals surface area contributed by atoms with E-state index in [0.29, 0.717) is 11.4 Å². The topological polar surface area (TPSA) is 58.2 Å². The molecule has 0 atom stereocenters. The van der Waals surface area contributed by atoms with Crippen LogP contribution >= 0.6 is 22.6 Å². The molecule has 5 heteroatoms. The van der Waals surface area contributed by atoms with Gasteiger partial charge in [-0.2, -0.15) is 0 Å². The van der Waals surface area contributed by atoms with Crippen molar-refractivity contribution in [1.29, 1.82) is 0 Å². The van der Waals surface area contributed by atoms with Crippen molar-refractivity contribution in [3.05, 3.63) is 56.7 Å². The van der Waals surface area contributed by atoms with Crippen molar-refractivity contribution in [2.75, 3.05) is 10.6 Å². The number of carbonyl (C=O) groups excluding carboxylic acids is 2. The summed E-state index contributed by atoms with van der Waals surface area (Å²) in [4.78, 5) is 24.0. The zero-order valence-corrected chi connectivity index (χ0v) is 14.8. The average molecular weight is 408 g/mol. The van der Waals surface area contributed by atoms with Crippen molar-refractivity contribution in [1.82, 2.24) is 0 Å². The summed E-state index contributed by atoms with van der Waals surface area (Å²) in [6.45, 7) is 5.76. The largest absolute Gasteiger partial charge is 0.318 e. The lowest BCUT2D eigenvalue weighted by atomic mass is 10.1. The Morgan fingerprint density at radius 3 is 1.82 bits per heavy atom. The van der Waals surface area contributed by atoms with E-state index in [2.05, 4.69) is 33.2 Å². The fourth-order valence-electron chi connectivity index (χ4n) is 2.08. The minimum atomic E-state index is -0.677. The molecule has 114 valence electrons. The van der Waals surface area contributed by atoms with Gasteiger partial charge in [-0.3, -0.25) is 9.59 Å². The van der Waals surface area contributed by atoms with Crippen LogP contribution in [0.2, 0.25) is 0 Å². The Hall–Kier alpha value is -1.89. The van der Waals surface area contributed by atoms with Gasteiger partial charge in [-0.05, 0) is 78.8 Å². The van der Waals surface area contributed by atoms with Crippen LogP contribution in [0.5, 0.6) is 0 Å². The molecule has 22 heavy (non-hydrogen) atoms. The second kappa shape index (κ2) is 6.91. The Kier molecular flexibility index (Phi) is 5.18. The summed E-state index contributed by atoms with van der Waals surface area (Å²) in [7, 11) is 0. The van der Waals surface area contributed by atoms with Crippen molar-refractivity contribution < 1.29 is 9.59 Å². The van der Waals surface area contributed by atoms with Crippen LogP contribution in [0.3, 0.4) is 0 Å². The fourth-order valence-corrected chi connectivity index (χ4v) is 2.73. The molecule has 0 spiro atoms. The molecular formula is C17H17IN2O2. The summed E-state index contributed by atoms with van der Waals surface area (Å²) < 4.78 is 1.08. The van der Waals surface area contributed by atoms with Crippen LogP contribution < -0.4 is 10.6 Å². The molecule has 0 aliphatic heterocycles. The molecule has 0 saturated carbocycles. The van der Waals surface area contributed by atoms with Gasteiger partial charge in [0.05, 0.1) is 0 Å². The Morgan fingerprint density at radius 1 is 0.818 bits per heavy atom. The molecule has 0 bridgehead atoms. The predicted molar refractivity (Wildman–Crippen MR) is 97.1 cm³/mol. The van der Waals surface area contributed by atoms with Crippen LogP contribution in [-0.4, -0.2) is 11.8 Å². The SMILES string of the molecule is Cc1ccc(NC(=O)C(=O)Nc2ccc(I)cc2C)c(C)c1. The number of rotatable bonds is 2. The zero-order chi connectivity index (χ0) is 16.3. The third kappa shape index (κ3) is 4.07. The second-order valence-electron chi connectivity index (χ2n) is 5.19. The molecule has 0 unspecified atom stereocenters. The molecule has 0 fully saturated rings. The molecule has 2 N–H and O–H groups in total. The van der Waals surface area contributed by atoms with Crippen LogP contribution in [0.1, 0.15) is 16.7 Å². The molecule has 0 aliphatic carbocycles. The van der Waals surface area contributed by atoms with E-state index in [1.54, 1.807) is 12.1 Å². The first-order chi connectivity index (χ1) is 10.4. The van der Waals surface area contributed by atoms with Gasteiger partial charge in [0.1, 0.15) is 0 Å². The minimum absolute atomic E-state index is 0.640. The van der Waals surface area contributed by atoms with E-state index >= 15 is 0 Å². The van der Waals surface area contributed by atoms with Gasteiger partial charge in [-0.25, -0.2) is 0 Å². The fraction of sp³-hybridized carbons (Fsp3) is 0.176. The van der Waals surface area contributed by atoms with Gasteiger partial charge in [-0.15, -0.1) is 0 Å². The van der Waals surface area contributed by atoms with E-state index in [9.17, 15) is 9.59 Å². The van der Waals surface area contributed by atoms with E-state index in [-0.39, 0.29) is 0 Å². The lowest BCUT2D eigenvalue weighted by Gasteiger charge is -2.11. The minimum Gasteiger partial charge on any atom is -0.318 e. The number of nitrogens with one attached hydrogen (secondary N) is 2. The predicted octanol–water partition coefficient (Wildman–Crippen LogP) is 3.79. The van der Waals surface area contributed by atoms with Crippen molar-refractivity contribution in [3.8, 4) is 0 Å². The van der Waals surface area contributed by atoms with Gasteiger partial charge in [0.25, 0.3) is 0 Å². The number of halogens is 1. The van der Waals surface area contributed by atoms with Crippen LogP contribution in [0.4, 0.5) is 11.4 Å². The third-order valence-corrected chi connectivity index (χ3v) is 3.94. The molecule has 2 aromatic carbocycles. The standard InChI is InChI=1S/C17H17IN2O2/c1-10-4-6-14(11(2)8-10)19-16(21)17(22)20-15-7-5-13(18)9-12(15)3/h4-9H,1-3H3,(H,19,21)(H,20,22). The third-order valence-electron chi connectivity index (χ3n) is 3.27. The van der Waals surface area contributed by atoms with Crippen LogP contribution in [0, 0.1) is 24.3 Å².